The van der Waals surface area contributed by atoms with Gasteiger partial charge in [-0.15, -0.1) is 0 Å². The molecular formula is C13H22N4O2. The van der Waals surface area contributed by atoms with Crippen molar-refractivity contribution in [2.45, 2.75) is 13.0 Å². The third-order valence-electron chi connectivity index (χ3n) is 3.37. The van der Waals surface area contributed by atoms with Gasteiger partial charge in [-0.1, -0.05) is 0 Å². The lowest BCUT2D eigenvalue weighted by Crippen LogP contribution is -2.37. The van der Waals surface area contributed by atoms with E-state index in [1.807, 2.05) is 29.0 Å². The van der Waals surface area contributed by atoms with Crippen LogP contribution in [0.3, 0.4) is 0 Å². The predicted octanol–water partition coefficient (Wildman–Crippen LogP) is 0.101. The molecule has 6 nitrogen and oxygen atoms in total. The number of hydrogen-bond acceptors (Lipinski definition) is 4. The quantitative estimate of drug-likeness (QED) is 0.775. The molecule has 1 aromatic rings. The van der Waals surface area contributed by atoms with E-state index in [1.54, 1.807) is 7.11 Å². The molecule has 1 aliphatic heterocycles. The fraction of sp³-hybridized carbons (Fsp3) is 0.692. The van der Waals surface area contributed by atoms with Gasteiger partial charge in [0.2, 0.25) is 5.91 Å². The second-order valence-electron chi connectivity index (χ2n) is 4.97. The highest BCUT2D eigenvalue weighted by molar-refractivity contribution is 5.77. The van der Waals surface area contributed by atoms with E-state index in [-0.39, 0.29) is 12.5 Å². The molecule has 6 heteroatoms. The number of ether oxygens (including phenoxy) is 1. The molecule has 1 saturated heterocycles. The van der Waals surface area contributed by atoms with E-state index in [2.05, 4.69) is 10.00 Å². The molecule has 0 aliphatic carbocycles. The minimum atomic E-state index is 0.0886. The third kappa shape index (κ3) is 4.04. The summed E-state index contributed by atoms with van der Waals surface area (Å²) in [7, 11) is 3.49. The lowest BCUT2D eigenvalue weighted by atomic mass is 10.3. The van der Waals surface area contributed by atoms with Gasteiger partial charge in [0.1, 0.15) is 6.61 Å². The minimum Gasteiger partial charge on any atom is -0.375 e. The molecule has 0 aromatic carbocycles. The second-order valence-corrected chi connectivity index (χ2v) is 4.97. The molecule has 19 heavy (non-hydrogen) atoms. The summed E-state index contributed by atoms with van der Waals surface area (Å²) in [6.45, 7) is 4.62. The molecule has 1 aromatic heterocycles. The zero-order valence-corrected chi connectivity index (χ0v) is 11.7. The Balaban J connectivity index is 1.84. The molecule has 0 spiro atoms. The lowest BCUT2D eigenvalue weighted by molar-refractivity contribution is -0.135. The van der Waals surface area contributed by atoms with Crippen molar-refractivity contribution in [2.75, 3.05) is 39.9 Å². The molecule has 0 unspecified atom stereocenters. The number of nitrogens with zero attached hydrogens (tertiary/aromatic N) is 4. The van der Waals surface area contributed by atoms with Crippen molar-refractivity contribution in [1.29, 1.82) is 0 Å². The van der Waals surface area contributed by atoms with Gasteiger partial charge in [-0.2, -0.15) is 5.10 Å². The summed E-state index contributed by atoms with van der Waals surface area (Å²) in [5.41, 5.74) is 1.22. The van der Waals surface area contributed by atoms with E-state index in [4.69, 9.17) is 4.74 Å². The van der Waals surface area contributed by atoms with E-state index < -0.39 is 0 Å². The van der Waals surface area contributed by atoms with Gasteiger partial charge in [-0.05, 0) is 6.42 Å². The smallest absolute Gasteiger partial charge is 0.248 e. The molecule has 0 radical (unpaired) electrons. The van der Waals surface area contributed by atoms with E-state index in [0.717, 1.165) is 39.1 Å². The minimum absolute atomic E-state index is 0.0886. The van der Waals surface area contributed by atoms with Crippen molar-refractivity contribution in [3.05, 3.63) is 18.0 Å². The Morgan fingerprint density at radius 1 is 1.37 bits per heavy atom. The Bertz CT molecular complexity index is 419. The van der Waals surface area contributed by atoms with Gasteiger partial charge >= 0.3 is 0 Å². The molecule has 2 heterocycles. The van der Waals surface area contributed by atoms with E-state index in [1.165, 1.54) is 5.56 Å². The molecule has 1 fully saturated rings. The van der Waals surface area contributed by atoms with E-state index in [0.29, 0.717) is 0 Å². The first-order valence-electron chi connectivity index (χ1n) is 6.65. The van der Waals surface area contributed by atoms with Crippen molar-refractivity contribution in [3.8, 4) is 0 Å². The Morgan fingerprint density at radius 3 is 2.89 bits per heavy atom. The Kier molecular flexibility index (Phi) is 4.93. The first-order valence-corrected chi connectivity index (χ1v) is 6.65. The van der Waals surface area contributed by atoms with Crippen molar-refractivity contribution >= 4 is 5.91 Å². The van der Waals surface area contributed by atoms with Gasteiger partial charge in [0, 0.05) is 58.6 Å². The number of carbonyl (C=O) groups excluding carboxylic acids is 1. The van der Waals surface area contributed by atoms with Gasteiger partial charge < -0.3 is 9.64 Å². The summed E-state index contributed by atoms with van der Waals surface area (Å²) in [6, 6.07) is 0. The summed E-state index contributed by atoms with van der Waals surface area (Å²) >= 11 is 0. The van der Waals surface area contributed by atoms with Crippen LogP contribution in [0.1, 0.15) is 12.0 Å². The van der Waals surface area contributed by atoms with Gasteiger partial charge in [0.05, 0.1) is 6.20 Å². The predicted molar refractivity (Wildman–Crippen MR) is 71.6 cm³/mol. The van der Waals surface area contributed by atoms with E-state index >= 15 is 0 Å². The number of rotatable bonds is 4. The van der Waals surface area contributed by atoms with Gasteiger partial charge in [-0.3, -0.25) is 14.4 Å². The van der Waals surface area contributed by atoms with Crippen molar-refractivity contribution < 1.29 is 9.53 Å². The number of aryl methyl sites for hydroxylation is 1. The maximum absolute atomic E-state index is 11.8. The van der Waals surface area contributed by atoms with Crippen LogP contribution in [0.5, 0.6) is 0 Å². The summed E-state index contributed by atoms with van der Waals surface area (Å²) in [5.74, 6) is 0.0886. The summed E-state index contributed by atoms with van der Waals surface area (Å²) in [6.07, 6.45) is 4.95. The van der Waals surface area contributed by atoms with Crippen molar-refractivity contribution in [2.24, 2.45) is 7.05 Å². The van der Waals surface area contributed by atoms with Gasteiger partial charge in [0.25, 0.3) is 0 Å². The molecule has 1 aliphatic rings. The van der Waals surface area contributed by atoms with Crippen LogP contribution >= 0.6 is 0 Å². The van der Waals surface area contributed by atoms with Crippen LogP contribution in [0, 0.1) is 0 Å². The van der Waals surface area contributed by atoms with Gasteiger partial charge in [0.15, 0.2) is 0 Å². The topological polar surface area (TPSA) is 50.6 Å². The van der Waals surface area contributed by atoms with Crippen LogP contribution in [-0.4, -0.2) is 65.4 Å². The fourth-order valence-corrected chi connectivity index (χ4v) is 2.40. The molecule has 0 N–H and O–H groups in total. The average Bonchev–Trinajstić information content (AvgIpc) is 2.64. The maximum Gasteiger partial charge on any atom is 0.248 e. The highest BCUT2D eigenvalue weighted by atomic mass is 16.5. The summed E-state index contributed by atoms with van der Waals surface area (Å²) in [5, 5.41) is 4.18. The summed E-state index contributed by atoms with van der Waals surface area (Å²) in [4.78, 5) is 16.1. The van der Waals surface area contributed by atoms with Crippen LogP contribution in [0.15, 0.2) is 12.4 Å². The first-order chi connectivity index (χ1) is 9.19. The molecule has 0 atom stereocenters. The Labute approximate surface area is 113 Å². The molecule has 0 bridgehead atoms. The number of carbonyl (C=O) groups is 1. The molecule has 106 valence electrons. The lowest BCUT2D eigenvalue weighted by Gasteiger charge is -2.21. The average molecular weight is 266 g/mol. The fourth-order valence-electron chi connectivity index (χ4n) is 2.40. The highest BCUT2D eigenvalue weighted by Gasteiger charge is 2.19. The summed E-state index contributed by atoms with van der Waals surface area (Å²) < 4.78 is 6.73. The van der Waals surface area contributed by atoms with Crippen LogP contribution in [0.4, 0.5) is 0 Å². The van der Waals surface area contributed by atoms with Crippen LogP contribution in [-0.2, 0) is 23.1 Å². The Morgan fingerprint density at radius 2 is 2.21 bits per heavy atom. The molecule has 2 rings (SSSR count). The first kappa shape index (κ1) is 14.0. The second kappa shape index (κ2) is 6.68. The number of aromatic nitrogens is 2. The van der Waals surface area contributed by atoms with Crippen LogP contribution in [0.25, 0.3) is 0 Å². The van der Waals surface area contributed by atoms with Crippen molar-refractivity contribution in [3.63, 3.8) is 0 Å². The van der Waals surface area contributed by atoms with Crippen molar-refractivity contribution in [1.82, 2.24) is 19.6 Å². The zero-order valence-electron chi connectivity index (χ0n) is 11.7. The molecular weight excluding hydrogens is 244 g/mol. The monoisotopic (exact) mass is 266 g/mol. The largest absolute Gasteiger partial charge is 0.375 e. The number of amides is 1. The van der Waals surface area contributed by atoms with Gasteiger partial charge in [-0.25, -0.2) is 0 Å². The van der Waals surface area contributed by atoms with E-state index in [9.17, 15) is 4.79 Å². The molecule has 1 amide bonds. The normalized spacial score (nSPS) is 17.5. The Hall–Kier alpha value is -1.40. The molecule has 0 saturated carbocycles. The standard InChI is InChI=1S/C13H22N4O2/c1-15-9-12(8-14-15)10-16-4-3-5-17(7-6-16)13(18)11-19-2/h8-9H,3-7,10-11H2,1-2H3. The number of methoxy groups -OCH3 is 1. The SMILES string of the molecule is COCC(=O)N1CCCN(Cc2cnn(C)c2)CC1. The van der Waals surface area contributed by atoms with Crippen LogP contribution in [0.2, 0.25) is 0 Å². The third-order valence-corrected chi connectivity index (χ3v) is 3.37. The van der Waals surface area contributed by atoms with Crippen LogP contribution < -0.4 is 0 Å². The number of hydrogen-bond donors (Lipinski definition) is 0. The highest BCUT2D eigenvalue weighted by Crippen LogP contribution is 2.08. The zero-order chi connectivity index (χ0) is 13.7. The maximum atomic E-state index is 11.8.